The molecule has 206 valence electrons. The lowest BCUT2D eigenvalue weighted by molar-refractivity contribution is 0.436. The van der Waals surface area contributed by atoms with E-state index in [4.69, 9.17) is 18.6 Å². The molecule has 6 aromatic carbocycles. The number of furan rings is 1. The van der Waals surface area contributed by atoms with Crippen LogP contribution in [-0.2, 0) is 5.41 Å². The molecule has 10 rings (SSSR count). The van der Waals surface area contributed by atoms with E-state index in [0.29, 0.717) is 5.89 Å². The highest BCUT2D eigenvalue weighted by Gasteiger charge is 2.51. The van der Waals surface area contributed by atoms with Crippen LogP contribution in [0.5, 0.6) is 11.5 Å². The number of fused-ring (bicyclic) bond motifs is 11. The molecule has 2 aromatic heterocycles. The Morgan fingerprint density at radius 1 is 0.477 bits per heavy atom. The summed E-state index contributed by atoms with van der Waals surface area (Å²) in [4.78, 5) is 4.83. The summed E-state index contributed by atoms with van der Waals surface area (Å²) in [6.45, 7) is 0. The Morgan fingerprint density at radius 2 is 1.09 bits per heavy atom. The summed E-state index contributed by atoms with van der Waals surface area (Å²) >= 11 is 0. The Morgan fingerprint density at radius 3 is 1.82 bits per heavy atom. The van der Waals surface area contributed by atoms with Crippen molar-refractivity contribution in [2.45, 2.75) is 5.41 Å². The predicted molar refractivity (Wildman–Crippen MR) is 172 cm³/mol. The minimum atomic E-state index is -0.625. The topological polar surface area (TPSA) is 48.4 Å². The number of ether oxygens (including phenoxy) is 1. The van der Waals surface area contributed by atoms with Crippen molar-refractivity contribution in [3.05, 3.63) is 162 Å². The molecule has 0 radical (unpaired) electrons. The number of para-hydroxylation sites is 3. The molecule has 0 saturated heterocycles. The molecule has 8 aromatic rings. The highest BCUT2D eigenvalue weighted by Crippen LogP contribution is 2.62. The van der Waals surface area contributed by atoms with Crippen molar-refractivity contribution in [3.8, 4) is 45.4 Å². The van der Waals surface area contributed by atoms with Crippen molar-refractivity contribution >= 4 is 22.1 Å². The molecule has 0 saturated carbocycles. The normalized spacial score (nSPS) is 13.8. The van der Waals surface area contributed by atoms with Crippen LogP contribution in [0.15, 0.2) is 148 Å². The van der Waals surface area contributed by atoms with Crippen molar-refractivity contribution in [3.63, 3.8) is 0 Å². The molecule has 44 heavy (non-hydrogen) atoms. The van der Waals surface area contributed by atoms with Gasteiger partial charge in [0.2, 0.25) is 5.89 Å². The van der Waals surface area contributed by atoms with Gasteiger partial charge in [0.25, 0.3) is 0 Å². The third-order valence-electron chi connectivity index (χ3n) is 9.19. The first-order chi connectivity index (χ1) is 21.8. The third kappa shape index (κ3) is 3.09. The number of benzene rings is 6. The molecule has 0 amide bonds. The van der Waals surface area contributed by atoms with Gasteiger partial charge in [-0.3, -0.25) is 0 Å². The van der Waals surface area contributed by atoms with E-state index in [0.717, 1.165) is 61.6 Å². The molecule has 0 bridgehead atoms. The van der Waals surface area contributed by atoms with Gasteiger partial charge < -0.3 is 13.6 Å². The van der Waals surface area contributed by atoms with E-state index < -0.39 is 5.41 Å². The Hall–Kier alpha value is -5.87. The molecule has 2 aliphatic rings. The predicted octanol–water partition coefficient (Wildman–Crippen LogP) is 10.4. The number of oxazole rings is 1. The largest absolute Gasteiger partial charge is 0.457 e. The van der Waals surface area contributed by atoms with Gasteiger partial charge in [0.15, 0.2) is 5.58 Å². The zero-order valence-electron chi connectivity index (χ0n) is 23.5. The average Bonchev–Trinajstić information content (AvgIpc) is 3.79. The van der Waals surface area contributed by atoms with Gasteiger partial charge in [-0.2, -0.15) is 0 Å². The first kappa shape index (κ1) is 23.7. The van der Waals surface area contributed by atoms with Crippen LogP contribution in [0.25, 0.3) is 56.0 Å². The van der Waals surface area contributed by atoms with Crippen molar-refractivity contribution < 1.29 is 13.6 Å². The number of aromatic nitrogens is 1. The van der Waals surface area contributed by atoms with Crippen molar-refractivity contribution in [2.75, 3.05) is 0 Å². The zero-order valence-corrected chi connectivity index (χ0v) is 23.5. The van der Waals surface area contributed by atoms with Crippen molar-refractivity contribution in [1.82, 2.24) is 4.98 Å². The van der Waals surface area contributed by atoms with E-state index in [1.807, 2.05) is 48.5 Å². The number of hydrogen-bond acceptors (Lipinski definition) is 4. The second-order valence-corrected chi connectivity index (χ2v) is 11.5. The third-order valence-corrected chi connectivity index (χ3v) is 9.19. The summed E-state index contributed by atoms with van der Waals surface area (Å²) in [5.74, 6) is 3.07. The second kappa shape index (κ2) is 8.59. The molecule has 1 aliphatic carbocycles. The Kier molecular flexibility index (Phi) is 4.62. The standard InChI is InChI=1S/C40H23NO3/c1-7-15-34-24(9-1)23-38(42-34)25-17-19-35-31(21-25)40(29-12-4-2-10-27(29)28-11-3-5-13-30(28)40)32-22-26(18-20-36(32)43-35)39-41-33-14-6-8-16-37(33)44-39/h1-23H. The fourth-order valence-electron chi connectivity index (χ4n) is 7.31. The molecule has 0 fully saturated rings. The molecule has 4 nitrogen and oxygen atoms in total. The van der Waals surface area contributed by atoms with Crippen LogP contribution in [-0.4, -0.2) is 4.98 Å². The molecular formula is C40H23NO3. The van der Waals surface area contributed by atoms with Gasteiger partial charge in [-0.15, -0.1) is 0 Å². The summed E-state index contributed by atoms with van der Waals surface area (Å²) in [6, 6.07) is 48.3. The lowest BCUT2D eigenvalue weighted by Crippen LogP contribution is -2.32. The monoisotopic (exact) mass is 565 g/mol. The highest BCUT2D eigenvalue weighted by molar-refractivity contribution is 5.90. The molecule has 0 unspecified atom stereocenters. The van der Waals surface area contributed by atoms with Crippen LogP contribution in [0.3, 0.4) is 0 Å². The van der Waals surface area contributed by atoms with E-state index in [9.17, 15) is 0 Å². The fourth-order valence-corrected chi connectivity index (χ4v) is 7.31. The van der Waals surface area contributed by atoms with Gasteiger partial charge in [-0.05, 0) is 82.9 Å². The summed E-state index contributed by atoms with van der Waals surface area (Å²) < 4.78 is 19.3. The molecule has 1 aliphatic heterocycles. The first-order valence-electron chi connectivity index (χ1n) is 14.8. The van der Waals surface area contributed by atoms with Crippen LogP contribution in [0.4, 0.5) is 0 Å². The lowest BCUT2D eigenvalue weighted by Gasteiger charge is -2.39. The summed E-state index contributed by atoms with van der Waals surface area (Å²) in [5, 5.41) is 1.08. The first-order valence-corrected chi connectivity index (χ1v) is 14.8. The smallest absolute Gasteiger partial charge is 0.227 e. The summed E-state index contributed by atoms with van der Waals surface area (Å²) in [6.07, 6.45) is 0. The van der Waals surface area contributed by atoms with E-state index in [1.54, 1.807) is 0 Å². The molecular weight excluding hydrogens is 542 g/mol. The van der Waals surface area contributed by atoms with Crippen LogP contribution in [0.2, 0.25) is 0 Å². The second-order valence-electron chi connectivity index (χ2n) is 11.5. The SMILES string of the molecule is c1ccc2c(c1)-c1ccccc1C21c2cc(-c3cc4ccccc4o3)ccc2Oc2ccc(-c3nc4ccccc4o3)cc21. The molecule has 0 N–H and O–H groups in total. The number of rotatable bonds is 2. The molecule has 1 spiro atoms. The quantitative estimate of drug-likeness (QED) is 0.209. The van der Waals surface area contributed by atoms with Gasteiger partial charge >= 0.3 is 0 Å². The maximum absolute atomic E-state index is 6.71. The summed E-state index contributed by atoms with van der Waals surface area (Å²) in [5.41, 5.74) is 10.8. The van der Waals surface area contributed by atoms with Gasteiger partial charge in [0.05, 0.1) is 5.41 Å². The molecule has 4 heteroatoms. The average molecular weight is 566 g/mol. The maximum atomic E-state index is 6.71. The molecule has 0 atom stereocenters. The fraction of sp³-hybridized carbons (Fsp3) is 0.0250. The molecule has 3 heterocycles. The van der Waals surface area contributed by atoms with Crippen LogP contribution >= 0.6 is 0 Å². The minimum Gasteiger partial charge on any atom is -0.457 e. The Bertz CT molecular complexity index is 2210. The minimum absolute atomic E-state index is 0.588. The maximum Gasteiger partial charge on any atom is 0.227 e. The number of hydrogen-bond donors (Lipinski definition) is 0. The summed E-state index contributed by atoms with van der Waals surface area (Å²) in [7, 11) is 0. The van der Waals surface area contributed by atoms with E-state index in [1.165, 1.54) is 22.3 Å². The van der Waals surface area contributed by atoms with Crippen molar-refractivity contribution in [2.24, 2.45) is 0 Å². The van der Waals surface area contributed by atoms with E-state index in [2.05, 4.69) is 91.0 Å². The van der Waals surface area contributed by atoms with Gasteiger partial charge in [-0.1, -0.05) is 78.9 Å². The highest BCUT2D eigenvalue weighted by atomic mass is 16.5. The van der Waals surface area contributed by atoms with Gasteiger partial charge in [-0.25, -0.2) is 4.98 Å². The van der Waals surface area contributed by atoms with Crippen LogP contribution in [0.1, 0.15) is 22.3 Å². The Balaban J connectivity index is 1.28. The van der Waals surface area contributed by atoms with E-state index in [-0.39, 0.29) is 0 Å². The Labute approximate surface area is 252 Å². The van der Waals surface area contributed by atoms with Crippen LogP contribution in [0, 0.1) is 0 Å². The zero-order chi connectivity index (χ0) is 28.8. The van der Waals surface area contributed by atoms with Crippen molar-refractivity contribution in [1.29, 1.82) is 0 Å². The lowest BCUT2D eigenvalue weighted by atomic mass is 9.65. The van der Waals surface area contributed by atoms with E-state index >= 15 is 0 Å². The van der Waals surface area contributed by atoms with Crippen LogP contribution < -0.4 is 4.74 Å². The number of nitrogens with zero attached hydrogens (tertiary/aromatic N) is 1. The van der Waals surface area contributed by atoms with Gasteiger partial charge in [0.1, 0.15) is 28.4 Å². The van der Waals surface area contributed by atoms with Gasteiger partial charge in [0, 0.05) is 27.6 Å².